The molecule has 1 nitrogen and oxygen atoms in total. The zero-order chi connectivity index (χ0) is 14.1. The van der Waals surface area contributed by atoms with Crippen molar-refractivity contribution in [2.24, 2.45) is 5.41 Å². The summed E-state index contributed by atoms with van der Waals surface area (Å²) >= 11 is 4.50. The van der Waals surface area contributed by atoms with E-state index in [2.05, 4.69) is 58.5 Å². The summed E-state index contributed by atoms with van der Waals surface area (Å²) < 4.78 is 6.17. The van der Waals surface area contributed by atoms with Gasteiger partial charge >= 0.3 is 0 Å². The molecule has 1 saturated carbocycles. The lowest BCUT2D eigenvalue weighted by molar-refractivity contribution is 0.0818. The van der Waals surface area contributed by atoms with Crippen molar-refractivity contribution in [2.45, 2.75) is 52.4 Å². The molecule has 0 radical (unpaired) electrons. The molecule has 0 bridgehead atoms. The highest BCUT2D eigenvalue weighted by atomic mass is 32.1. The lowest BCUT2D eigenvalue weighted by Crippen LogP contribution is -2.37. The second-order valence-electron chi connectivity index (χ2n) is 7.05. The average molecular weight is 278 g/mol. The standard InChI is InChI=1S/C17H26OS/c1-13-6-7-15(14(10-13)16(2,3)4)18-11-17(12-19)8-5-9-17/h6-7,10,19H,5,8-9,11-12H2,1-4H3. The molecule has 0 aliphatic heterocycles. The molecule has 0 N–H and O–H groups in total. The van der Waals surface area contributed by atoms with Crippen LogP contribution in [0.4, 0.5) is 0 Å². The van der Waals surface area contributed by atoms with E-state index in [-0.39, 0.29) is 5.41 Å². The van der Waals surface area contributed by atoms with E-state index in [1.807, 2.05) is 0 Å². The maximum absolute atomic E-state index is 6.17. The second kappa shape index (κ2) is 5.40. The fourth-order valence-corrected chi connectivity index (χ4v) is 3.02. The van der Waals surface area contributed by atoms with Gasteiger partial charge in [0.25, 0.3) is 0 Å². The summed E-state index contributed by atoms with van der Waals surface area (Å²) in [5.74, 6) is 1.98. The van der Waals surface area contributed by atoms with Gasteiger partial charge in [-0.2, -0.15) is 12.6 Å². The first-order chi connectivity index (χ1) is 8.86. The van der Waals surface area contributed by atoms with Crippen molar-refractivity contribution in [3.05, 3.63) is 29.3 Å². The number of benzene rings is 1. The Morgan fingerprint density at radius 1 is 1.26 bits per heavy atom. The molecule has 1 aliphatic rings. The van der Waals surface area contributed by atoms with Crippen molar-refractivity contribution in [3.8, 4) is 5.75 Å². The first-order valence-corrected chi connectivity index (χ1v) is 7.84. The summed E-state index contributed by atoms with van der Waals surface area (Å²) in [6.45, 7) is 9.67. The molecule has 2 rings (SSSR count). The van der Waals surface area contributed by atoms with Crippen molar-refractivity contribution in [3.63, 3.8) is 0 Å². The molecule has 0 spiro atoms. The Morgan fingerprint density at radius 3 is 2.42 bits per heavy atom. The summed E-state index contributed by atoms with van der Waals surface area (Å²) in [6, 6.07) is 6.52. The molecule has 0 atom stereocenters. The van der Waals surface area contributed by atoms with Crippen LogP contribution in [0.2, 0.25) is 0 Å². The molecule has 106 valence electrons. The molecule has 0 unspecified atom stereocenters. The van der Waals surface area contributed by atoms with Gasteiger partial charge in [-0.3, -0.25) is 0 Å². The fraction of sp³-hybridized carbons (Fsp3) is 0.647. The molecular weight excluding hydrogens is 252 g/mol. The van der Waals surface area contributed by atoms with Gasteiger partial charge in [-0.15, -0.1) is 0 Å². The topological polar surface area (TPSA) is 9.23 Å². The van der Waals surface area contributed by atoms with Crippen LogP contribution in [0.25, 0.3) is 0 Å². The van der Waals surface area contributed by atoms with E-state index in [4.69, 9.17) is 4.74 Å². The van der Waals surface area contributed by atoms with Crippen LogP contribution < -0.4 is 4.74 Å². The van der Waals surface area contributed by atoms with Crippen LogP contribution in [-0.4, -0.2) is 12.4 Å². The zero-order valence-corrected chi connectivity index (χ0v) is 13.5. The lowest BCUT2D eigenvalue weighted by Gasteiger charge is -2.40. The first-order valence-electron chi connectivity index (χ1n) is 7.21. The molecule has 0 heterocycles. The van der Waals surface area contributed by atoms with Crippen LogP contribution in [-0.2, 0) is 5.41 Å². The van der Waals surface area contributed by atoms with Crippen LogP contribution in [0.3, 0.4) is 0 Å². The quantitative estimate of drug-likeness (QED) is 0.780. The number of hydrogen-bond donors (Lipinski definition) is 1. The molecule has 1 aliphatic carbocycles. The third-order valence-corrected chi connectivity index (χ3v) is 4.90. The Balaban J connectivity index is 2.16. The Morgan fingerprint density at radius 2 is 1.95 bits per heavy atom. The van der Waals surface area contributed by atoms with Crippen LogP contribution >= 0.6 is 12.6 Å². The predicted octanol–water partition coefficient (Wildman–Crippen LogP) is 4.77. The Labute approximate surface area is 123 Å². The summed E-state index contributed by atoms with van der Waals surface area (Å²) in [4.78, 5) is 0. The van der Waals surface area contributed by atoms with Crippen molar-refractivity contribution in [2.75, 3.05) is 12.4 Å². The molecule has 2 heteroatoms. The van der Waals surface area contributed by atoms with Gasteiger partial charge in [-0.1, -0.05) is 44.9 Å². The smallest absolute Gasteiger partial charge is 0.123 e. The van der Waals surface area contributed by atoms with E-state index in [1.165, 1.54) is 30.4 Å². The van der Waals surface area contributed by atoms with E-state index in [0.29, 0.717) is 5.41 Å². The number of aryl methyl sites for hydroxylation is 1. The minimum atomic E-state index is 0.120. The van der Waals surface area contributed by atoms with Crippen molar-refractivity contribution < 1.29 is 4.74 Å². The highest BCUT2D eigenvalue weighted by Gasteiger charge is 2.36. The molecule has 1 aromatic carbocycles. The maximum atomic E-state index is 6.17. The van der Waals surface area contributed by atoms with E-state index >= 15 is 0 Å². The summed E-state index contributed by atoms with van der Waals surface area (Å²) in [5.41, 5.74) is 3.05. The van der Waals surface area contributed by atoms with Gasteiger partial charge in [0.1, 0.15) is 5.75 Å². The minimum absolute atomic E-state index is 0.120. The molecule has 19 heavy (non-hydrogen) atoms. The largest absolute Gasteiger partial charge is 0.493 e. The SMILES string of the molecule is Cc1ccc(OCC2(CS)CCC2)c(C(C)(C)C)c1. The zero-order valence-electron chi connectivity index (χ0n) is 12.6. The molecular formula is C17H26OS. The summed E-state index contributed by atoms with van der Waals surface area (Å²) in [5, 5.41) is 0. The monoisotopic (exact) mass is 278 g/mol. The van der Waals surface area contributed by atoms with Crippen LogP contribution in [0, 0.1) is 12.3 Å². The minimum Gasteiger partial charge on any atom is -0.493 e. The van der Waals surface area contributed by atoms with Crippen LogP contribution in [0.1, 0.15) is 51.2 Å². The van der Waals surface area contributed by atoms with E-state index in [0.717, 1.165) is 18.1 Å². The van der Waals surface area contributed by atoms with E-state index < -0.39 is 0 Å². The summed E-state index contributed by atoms with van der Waals surface area (Å²) in [7, 11) is 0. The molecule has 1 aromatic rings. The number of thiol groups is 1. The van der Waals surface area contributed by atoms with Crippen molar-refractivity contribution >= 4 is 12.6 Å². The molecule has 1 fully saturated rings. The third kappa shape index (κ3) is 3.28. The maximum Gasteiger partial charge on any atom is 0.123 e. The van der Waals surface area contributed by atoms with Crippen LogP contribution in [0.5, 0.6) is 5.75 Å². The highest BCUT2D eigenvalue weighted by molar-refractivity contribution is 7.80. The second-order valence-corrected chi connectivity index (χ2v) is 7.37. The van der Waals surface area contributed by atoms with Crippen molar-refractivity contribution in [1.29, 1.82) is 0 Å². The Kier molecular flexibility index (Phi) is 4.20. The predicted molar refractivity (Wildman–Crippen MR) is 85.5 cm³/mol. The first kappa shape index (κ1) is 14.8. The highest BCUT2D eigenvalue weighted by Crippen LogP contribution is 2.43. The van der Waals surface area contributed by atoms with Crippen LogP contribution in [0.15, 0.2) is 18.2 Å². The Bertz CT molecular complexity index is 436. The van der Waals surface area contributed by atoms with E-state index in [9.17, 15) is 0 Å². The molecule has 0 amide bonds. The number of hydrogen-bond acceptors (Lipinski definition) is 2. The van der Waals surface area contributed by atoms with Gasteiger partial charge in [0.15, 0.2) is 0 Å². The van der Waals surface area contributed by atoms with Gasteiger partial charge in [0, 0.05) is 5.41 Å². The van der Waals surface area contributed by atoms with E-state index in [1.54, 1.807) is 0 Å². The van der Waals surface area contributed by atoms with Gasteiger partial charge < -0.3 is 4.74 Å². The Hall–Kier alpha value is -0.630. The van der Waals surface area contributed by atoms with Gasteiger partial charge in [-0.05, 0) is 42.6 Å². The average Bonchev–Trinajstić information content (AvgIpc) is 2.28. The van der Waals surface area contributed by atoms with Gasteiger partial charge in [0.2, 0.25) is 0 Å². The molecule has 0 aromatic heterocycles. The molecule has 0 saturated heterocycles. The fourth-order valence-electron chi connectivity index (χ4n) is 2.61. The normalized spacial score (nSPS) is 17.9. The summed E-state index contributed by atoms with van der Waals surface area (Å²) in [6.07, 6.45) is 3.84. The lowest BCUT2D eigenvalue weighted by atomic mass is 9.71. The van der Waals surface area contributed by atoms with Crippen molar-refractivity contribution in [1.82, 2.24) is 0 Å². The third-order valence-electron chi connectivity index (χ3n) is 4.23. The van der Waals surface area contributed by atoms with Gasteiger partial charge in [0.05, 0.1) is 6.61 Å². The number of ether oxygens (including phenoxy) is 1. The number of rotatable bonds is 4. The van der Waals surface area contributed by atoms with Gasteiger partial charge in [-0.25, -0.2) is 0 Å².